The minimum Gasteiger partial charge on any atom is -0.497 e. The topological polar surface area (TPSA) is 67.9 Å². The largest absolute Gasteiger partial charge is 0.497 e. The van der Waals surface area contributed by atoms with Crippen LogP contribution in [-0.4, -0.2) is 50.1 Å². The van der Waals surface area contributed by atoms with Crippen molar-refractivity contribution in [3.8, 4) is 5.75 Å². The van der Waals surface area contributed by atoms with E-state index >= 15 is 0 Å². The van der Waals surface area contributed by atoms with Crippen molar-refractivity contribution in [3.05, 3.63) is 24.3 Å². The van der Waals surface area contributed by atoms with E-state index in [2.05, 4.69) is 5.32 Å². The third kappa shape index (κ3) is 5.25. The molecule has 0 aliphatic carbocycles. The molecule has 6 heteroatoms. The number of anilines is 1. The number of hydrogen-bond donors (Lipinski definition) is 1. The average Bonchev–Trinajstić information content (AvgIpc) is 2.55. The molecule has 1 aromatic carbocycles. The van der Waals surface area contributed by atoms with Gasteiger partial charge in [0.05, 0.1) is 26.2 Å². The first-order valence-electron chi connectivity index (χ1n) is 7.95. The van der Waals surface area contributed by atoms with E-state index in [9.17, 15) is 9.59 Å². The standard InChI is InChI=1S/C17H24N2O4/c1-3-23-17(21)13-6-5-9-19(11-13)12-16(20)18-14-7-4-8-15(10-14)22-2/h4,7-8,10,13H,3,5-6,9,11-12H2,1-2H3,(H,18,20)/t13-/m1/s1. The number of piperidine rings is 1. The predicted molar refractivity (Wildman–Crippen MR) is 87.4 cm³/mol. The molecule has 1 fully saturated rings. The number of nitrogens with one attached hydrogen (secondary N) is 1. The molecular weight excluding hydrogens is 296 g/mol. The van der Waals surface area contributed by atoms with Crippen molar-refractivity contribution in [2.45, 2.75) is 19.8 Å². The maximum Gasteiger partial charge on any atom is 0.310 e. The van der Waals surface area contributed by atoms with E-state index in [1.54, 1.807) is 20.1 Å². The second-order valence-electron chi connectivity index (χ2n) is 5.61. The van der Waals surface area contributed by atoms with Crippen molar-refractivity contribution in [1.82, 2.24) is 4.90 Å². The fourth-order valence-electron chi connectivity index (χ4n) is 2.76. The van der Waals surface area contributed by atoms with Crippen molar-refractivity contribution in [3.63, 3.8) is 0 Å². The normalized spacial score (nSPS) is 18.3. The van der Waals surface area contributed by atoms with Gasteiger partial charge in [0.1, 0.15) is 5.75 Å². The molecule has 6 nitrogen and oxygen atoms in total. The van der Waals surface area contributed by atoms with Gasteiger partial charge in [0, 0.05) is 18.3 Å². The predicted octanol–water partition coefficient (Wildman–Crippen LogP) is 1.91. The van der Waals surface area contributed by atoms with Crippen LogP contribution in [0.15, 0.2) is 24.3 Å². The van der Waals surface area contributed by atoms with Gasteiger partial charge in [-0.05, 0) is 38.4 Å². The number of esters is 1. The van der Waals surface area contributed by atoms with Crippen LogP contribution in [0.1, 0.15) is 19.8 Å². The number of amides is 1. The van der Waals surface area contributed by atoms with Crippen molar-refractivity contribution in [2.24, 2.45) is 5.92 Å². The summed E-state index contributed by atoms with van der Waals surface area (Å²) in [5, 5.41) is 2.86. The van der Waals surface area contributed by atoms with Gasteiger partial charge in [-0.25, -0.2) is 0 Å². The molecule has 0 saturated carbocycles. The molecule has 1 aliphatic heterocycles. The van der Waals surface area contributed by atoms with E-state index < -0.39 is 0 Å². The van der Waals surface area contributed by atoms with Gasteiger partial charge in [-0.3, -0.25) is 14.5 Å². The van der Waals surface area contributed by atoms with Crippen LogP contribution in [0.2, 0.25) is 0 Å². The molecule has 0 aromatic heterocycles. The Morgan fingerprint density at radius 2 is 2.22 bits per heavy atom. The summed E-state index contributed by atoms with van der Waals surface area (Å²) in [5.41, 5.74) is 0.702. The lowest BCUT2D eigenvalue weighted by atomic mass is 9.98. The summed E-state index contributed by atoms with van der Waals surface area (Å²) in [6.07, 6.45) is 1.72. The van der Waals surface area contributed by atoms with Gasteiger partial charge in [0.15, 0.2) is 0 Å². The first kappa shape index (κ1) is 17.3. The molecule has 1 heterocycles. The Bertz CT molecular complexity index is 547. The van der Waals surface area contributed by atoms with E-state index in [1.807, 2.05) is 23.1 Å². The molecule has 0 spiro atoms. The molecule has 1 atom stereocenters. The number of hydrogen-bond acceptors (Lipinski definition) is 5. The minimum atomic E-state index is -0.162. The molecule has 0 bridgehead atoms. The first-order valence-corrected chi connectivity index (χ1v) is 7.95. The van der Waals surface area contributed by atoms with E-state index in [0.29, 0.717) is 24.6 Å². The van der Waals surface area contributed by atoms with Gasteiger partial charge in [-0.2, -0.15) is 0 Å². The monoisotopic (exact) mass is 320 g/mol. The molecule has 126 valence electrons. The summed E-state index contributed by atoms with van der Waals surface area (Å²) in [6.45, 7) is 3.87. The van der Waals surface area contributed by atoms with E-state index in [0.717, 1.165) is 19.4 Å². The highest BCUT2D eigenvalue weighted by molar-refractivity contribution is 5.92. The fraction of sp³-hybridized carbons (Fsp3) is 0.529. The summed E-state index contributed by atoms with van der Waals surface area (Å²) in [5.74, 6) is 0.310. The Balaban J connectivity index is 1.85. The molecule has 1 aromatic rings. The quantitative estimate of drug-likeness (QED) is 0.811. The molecule has 1 aliphatic rings. The van der Waals surface area contributed by atoms with E-state index in [-0.39, 0.29) is 24.3 Å². The third-order valence-corrected chi connectivity index (χ3v) is 3.85. The summed E-state index contributed by atoms with van der Waals surface area (Å²) in [6, 6.07) is 7.24. The molecule has 0 unspecified atom stereocenters. The lowest BCUT2D eigenvalue weighted by molar-refractivity contribution is -0.150. The molecule has 1 amide bonds. The van der Waals surface area contributed by atoms with Gasteiger partial charge in [0.25, 0.3) is 0 Å². The van der Waals surface area contributed by atoms with Crippen molar-refractivity contribution in [1.29, 1.82) is 0 Å². The number of methoxy groups -OCH3 is 1. The highest BCUT2D eigenvalue weighted by Crippen LogP contribution is 2.19. The van der Waals surface area contributed by atoms with Gasteiger partial charge in [0.2, 0.25) is 5.91 Å². The molecule has 0 radical (unpaired) electrons. The SMILES string of the molecule is CCOC(=O)[C@@H]1CCCN(CC(=O)Nc2cccc(OC)c2)C1. The van der Waals surface area contributed by atoms with Gasteiger partial charge < -0.3 is 14.8 Å². The second kappa shape index (κ2) is 8.53. The van der Waals surface area contributed by atoms with Gasteiger partial charge in [-0.15, -0.1) is 0 Å². The van der Waals surface area contributed by atoms with Crippen LogP contribution in [0.3, 0.4) is 0 Å². The third-order valence-electron chi connectivity index (χ3n) is 3.85. The zero-order valence-corrected chi connectivity index (χ0v) is 13.7. The summed E-state index contributed by atoms with van der Waals surface area (Å²) in [4.78, 5) is 26.0. The van der Waals surface area contributed by atoms with E-state index in [1.165, 1.54) is 0 Å². The highest BCUT2D eigenvalue weighted by atomic mass is 16.5. The maximum atomic E-state index is 12.2. The number of nitrogens with zero attached hydrogens (tertiary/aromatic N) is 1. The Labute approximate surface area is 136 Å². The zero-order valence-electron chi connectivity index (χ0n) is 13.7. The van der Waals surface area contributed by atoms with Crippen LogP contribution in [0.4, 0.5) is 5.69 Å². The number of ether oxygens (including phenoxy) is 2. The second-order valence-corrected chi connectivity index (χ2v) is 5.61. The maximum absolute atomic E-state index is 12.2. The van der Waals surface area contributed by atoms with Crippen molar-refractivity contribution in [2.75, 3.05) is 38.7 Å². The Morgan fingerprint density at radius 1 is 1.39 bits per heavy atom. The van der Waals surface area contributed by atoms with Gasteiger partial charge >= 0.3 is 5.97 Å². The zero-order chi connectivity index (χ0) is 16.7. The van der Waals surface area contributed by atoms with Crippen LogP contribution in [0.25, 0.3) is 0 Å². The summed E-state index contributed by atoms with van der Waals surface area (Å²) >= 11 is 0. The first-order chi connectivity index (χ1) is 11.1. The van der Waals surface area contributed by atoms with Crippen LogP contribution in [-0.2, 0) is 14.3 Å². The number of carbonyl (C=O) groups is 2. The number of benzene rings is 1. The summed E-state index contributed by atoms with van der Waals surface area (Å²) < 4.78 is 10.2. The van der Waals surface area contributed by atoms with E-state index in [4.69, 9.17) is 9.47 Å². The Kier molecular flexibility index (Phi) is 6.40. The number of carbonyl (C=O) groups excluding carboxylic acids is 2. The minimum absolute atomic E-state index is 0.0947. The molecule has 1 saturated heterocycles. The fourth-order valence-corrected chi connectivity index (χ4v) is 2.76. The number of likely N-dealkylation sites (tertiary alicyclic amines) is 1. The Hall–Kier alpha value is -2.08. The Morgan fingerprint density at radius 3 is 2.96 bits per heavy atom. The van der Waals surface area contributed by atoms with Crippen LogP contribution in [0.5, 0.6) is 5.75 Å². The smallest absolute Gasteiger partial charge is 0.310 e. The molecule has 1 N–H and O–H groups in total. The number of rotatable bonds is 6. The van der Waals surface area contributed by atoms with Gasteiger partial charge in [-0.1, -0.05) is 6.07 Å². The molecular formula is C17H24N2O4. The average molecular weight is 320 g/mol. The van der Waals surface area contributed by atoms with Crippen molar-refractivity contribution < 1.29 is 19.1 Å². The highest BCUT2D eigenvalue weighted by Gasteiger charge is 2.27. The van der Waals surface area contributed by atoms with Crippen LogP contribution < -0.4 is 10.1 Å². The molecule has 23 heavy (non-hydrogen) atoms. The van der Waals surface area contributed by atoms with Crippen LogP contribution >= 0.6 is 0 Å². The summed E-state index contributed by atoms with van der Waals surface area (Å²) in [7, 11) is 1.59. The van der Waals surface area contributed by atoms with Crippen LogP contribution in [0, 0.1) is 5.92 Å². The lowest BCUT2D eigenvalue weighted by Gasteiger charge is -2.30. The lowest BCUT2D eigenvalue weighted by Crippen LogP contribution is -2.43. The van der Waals surface area contributed by atoms with Crippen molar-refractivity contribution >= 4 is 17.6 Å². The molecule has 2 rings (SSSR count).